The second kappa shape index (κ2) is 12.2. The zero-order valence-electron chi connectivity index (χ0n) is 22.3. The summed E-state index contributed by atoms with van der Waals surface area (Å²) in [6, 6.07) is 17.9. The Balaban J connectivity index is 2.05. The van der Waals surface area contributed by atoms with Crippen LogP contribution in [0.3, 0.4) is 0 Å². The van der Waals surface area contributed by atoms with Crippen LogP contribution >= 0.6 is 0 Å². The van der Waals surface area contributed by atoms with Crippen LogP contribution in [0.5, 0.6) is 0 Å². The third-order valence-electron chi connectivity index (χ3n) is 6.04. The van der Waals surface area contributed by atoms with Gasteiger partial charge < -0.3 is 10.2 Å². The summed E-state index contributed by atoms with van der Waals surface area (Å²) in [6.07, 6.45) is 0. The minimum Gasteiger partial charge on any atom is -0.352 e. The fraction of sp³-hybridized carbons (Fsp3) is 0.310. The van der Waals surface area contributed by atoms with Gasteiger partial charge in [-0.15, -0.1) is 0 Å². The molecule has 0 spiro atoms. The van der Waals surface area contributed by atoms with Crippen molar-refractivity contribution in [3.63, 3.8) is 0 Å². The molecule has 3 rings (SSSR count). The quantitative estimate of drug-likeness (QED) is 0.409. The van der Waals surface area contributed by atoms with Gasteiger partial charge in [0.15, 0.2) is 0 Å². The Hall–Kier alpha value is -3.72. The van der Waals surface area contributed by atoms with E-state index in [1.54, 1.807) is 19.1 Å². The molecule has 2 amide bonds. The number of nitrogens with one attached hydrogen (secondary N) is 1. The van der Waals surface area contributed by atoms with Crippen LogP contribution in [0.2, 0.25) is 0 Å². The third kappa shape index (κ3) is 6.98. The van der Waals surface area contributed by atoms with Crippen LogP contribution in [0, 0.1) is 19.7 Å². The van der Waals surface area contributed by atoms with Crippen molar-refractivity contribution in [3.05, 3.63) is 95.3 Å². The van der Waals surface area contributed by atoms with E-state index in [0.717, 1.165) is 27.1 Å². The Bertz CT molecular complexity index is 1390. The lowest BCUT2D eigenvalue weighted by atomic mass is 10.1. The van der Waals surface area contributed by atoms with Crippen molar-refractivity contribution in [2.45, 2.75) is 58.1 Å². The highest BCUT2D eigenvalue weighted by molar-refractivity contribution is 7.92. The molecule has 0 aliphatic heterocycles. The highest BCUT2D eigenvalue weighted by atomic mass is 32.2. The highest BCUT2D eigenvalue weighted by Crippen LogP contribution is 2.27. The van der Waals surface area contributed by atoms with Gasteiger partial charge in [0.1, 0.15) is 18.4 Å². The van der Waals surface area contributed by atoms with Gasteiger partial charge in [0.25, 0.3) is 10.0 Å². The zero-order valence-corrected chi connectivity index (χ0v) is 23.1. The molecule has 0 bridgehead atoms. The van der Waals surface area contributed by atoms with Crippen LogP contribution < -0.4 is 9.62 Å². The number of rotatable bonds is 10. The Morgan fingerprint density at radius 2 is 1.55 bits per heavy atom. The number of hydrogen-bond donors (Lipinski definition) is 1. The van der Waals surface area contributed by atoms with Crippen LogP contribution in [-0.4, -0.2) is 43.8 Å². The summed E-state index contributed by atoms with van der Waals surface area (Å²) in [5.41, 5.74) is 2.36. The average molecular weight is 540 g/mol. The van der Waals surface area contributed by atoms with E-state index in [9.17, 15) is 22.4 Å². The Kier molecular flexibility index (Phi) is 9.27. The summed E-state index contributed by atoms with van der Waals surface area (Å²) < 4.78 is 43.1. The number of sulfonamides is 1. The van der Waals surface area contributed by atoms with E-state index in [0.29, 0.717) is 0 Å². The maximum atomic E-state index is 14.9. The molecule has 3 aromatic rings. The number of para-hydroxylation sites is 1. The smallest absolute Gasteiger partial charge is 0.264 e. The van der Waals surface area contributed by atoms with Crippen LogP contribution in [0.15, 0.2) is 77.7 Å². The molecule has 9 heteroatoms. The predicted molar refractivity (Wildman–Crippen MR) is 147 cm³/mol. The first kappa shape index (κ1) is 28.8. The SMILES string of the molecule is Cc1ccc(S(=O)(=O)N(CC(=O)N(Cc2cccc(C)c2)[C@@H](C)C(=O)NC(C)C)c2ccccc2F)cc1. The van der Waals surface area contributed by atoms with Crippen LogP contribution in [0.1, 0.15) is 37.5 Å². The first-order valence-electron chi connectivity index (χ1n) is 12.4. The lowest BCUT2D eigenvalue weighted by molar-refractivity contribution is -0.139. The largest absolute Gasteiger partial charge is 0.352 e. The lowest BCUT2D eigenvalue weighted by Crippen LogP contribution is -2.52. The van der Waals surface area contributed by atoms with E-state index in [1.165, 1.54) is 35.2 Å². The molecule has 0 fully saturated rings. The van der Waals surface area contributed by atoms with Crippen molar-refractivity contribution >= 4 is 27.5 Å². The number of halogens is 1. The molecular formula is C29H34FN3O4S. The summed E-state index contributed by atoms with van der Waals surface area (Å²) in [4.78, 5) is 28.0. The number of benzene rings is 3. The first-order valence-corrected chi connectivity index (χ1v) is 13.8. The minimum atomic E-state index is -4.32. The van der Waals surface area contributed by atoms with Crippen molar-refractivity contribution in [1.82, 2.24) is 10.2 Å². The molecule has 1 atom stereocenters. The van der Waals surface area contributed by atoms with Gasteiger partial charge in [-0.25, -0.2) is 12.8 Å². The van der Waals surface area contributed by atoms with Crippen molar-refractivity contribution < 1.29 is 22.4 Å². The second-order valence-corrected chi connectivity index (χ2v) is 11.5. The fourth-order valence-corrected chi connectivity index (χ4v) is 5.42. The molecule has 0 aliphatic carbocycles. The number of anilines is 1. The monoisotopic (exact) mass is 539 g/mol. The number of hydrogen-bond acceptors (Lipinski definition) is 4. The summed E-state index contributed by atoms with van der Waals surface area (Å²) in [7, 11) is -4.32. The van der Waals surface area contributed by atoms with Gasteiger partial charge >= 0.3 is 0 Å². The zero-order chi connectivity index (χ0) is 28.0. The fourth-order valence-electron chi connectivity index (χ4n) is 4.00. The van der Waals surface area contributed by atoms with Crippen molar-refractivity contribution in [1.29, 1.82) is 0 Å². The number of carbonyl (C=O) groups is 2. The van der Waals surface area contributed by atoms with Crippen LogP contribution in [0.25, 0.3) is 0 Å². The van der Waals surface area contributed by atoms with Gasteiger partial charge in [0.05, 0.1) is 10.6 Å². The Morgan fingerprint density at radius 3 is 2.16 bits per heavy atom. The molecule has 0 unspecified atom stereocenters. The normalized spacial score (nSPS) is 12.2. The van der Waals surface area contributed by atoms with E-state index in [1.807, 2.05) is 52.0 Å². The third-order valence-corrected chi connectivity index (χ3v) is 7.82. The molecule has 0 saturated carbocycles. The number of nitrogens with zero attached hydrogens (tertiary/aromatic N) is 2. The summed E-state index contributed by atoms with van der Waals surface area (Å²) >= 11 is 0. The predicted octanol–water partition coefficient (Wildman–Crippen LogP) is 4.58. The molecular weight excluding hydrogens is 505 g/mol. The Morgan fingerprint density at radius 1 is 0.895 bits per heavy atom. The molecule has 38 heavy (non-hydrogen) atoms. The van der Waals surface area contributed by atoms with Crippen molar-refractivity contribution in [2.24, 2.45) is 0 Å². The molecule has 202 valence electrons. The summed E-state index contributed by atoms with van der Waals surface area (Å²) in [5, 5.41) is 2.81. The molecule has 0 saturated heterocycles. The van der Waals surface area contributed by atoms with E-state index in [4.69, 9.17) is 0 Å². The second-order valence-electron chi connectivity index (χ2n) is 9.63. The molecule has 0 aliphatic rings. The molecule has 1 N–H and O–H groups in total. The summed E-state index contributed by atoms with van der Waals surface area (Å²) in [6.45, 7) is 8.33. The molecule has 0 radical (unpaired) electrons. The van der Waals surface area contributed by atoms with E-state index in [2.05, 4.69) is 5.32 Å². The topological polar surface area (TPSA) is 86.8 Å². The van der Waals surface area contributed by atoms with Crippen LogP contribution in [-0.2, 0) is 26.2 Å². The molecule has 0 aromatic heterocycles. The standard InChI is InChI=1S/C29H34FN3O4S/c1-20(2)31-29(35)23(5)32(18-24-10-8-9-22(4)17-24)28(34)19-33(27-12-7-6-11-26(27)30)38(36,37)25-15-13-21(3)14-16-25/h6-17,20,23H,18-19H2,1-5H3,(H,31,35)/t23-/m0/s1. The van der Waals surface area contributed by atoms with Gasteiger partial charge in [-0.05, 0) is 64.4 Å². The van der Waals surface area contributed by atoms with Crippen molar-refractivity contribution in [2.75, 3.05) is 10.8 Å². The van der Waals surface area contributed by atoms with Gasteiger partial charge in [-0.3, -0.25) is 13.9 Å². The molecule has 7 nitrogen and oxygen atoms in total. The number of amides is 2. The highest BCUT2D eigenvalue weighted by Gasteiger charge is 2.33. The number of carbonyl (C=O) groups excluding carboxylic acids is 2. The van der Waals surface area contributed by atoms with Gasteiger partial charge in [0.2, 0.25) is 11.8 Å². The maximum absolute atomic E-state index is 14.9. The van der Waals surface area contributed by atoms with Gasteiger partial charge in [0, 0.05) is 12.6 Å². The van der Waals surface area contributed by atoms with Gasteiger partial charge in [-0.1, -0.05) is 59.7 Å². The molecule has 0 heterocycles. The Labute approximate surface area is 224 Å². The van der Waals surface area contributed by atoms with E-state index in [-0.39, 0.29) is 29.1 Å². The summed E-state index contributed by atoms with van der Waals surface area (Å²) in [5.74, 6) is -1.80. The first-order chi connectivity index (χ1) is 17.9. The minimum absolute atomic E-state index is 0.0723. The maximum Gasteiger partial charge on any atom is 0.264 e. The number of aryl methyl sites for hydroxylation is 2. The van der Waals surface area contributed by atoms with E-state index < -0.39 is 34.3 Å². The van der Waals surface area contributed by atoms with E-state index >= 15 is 0 Å². The van der Waals surface area contributed by atoms with Crippen molar-refractivity contribution in [3.8, 4) is 0 Å². The van der Waals surface area contributed by atoms with Gasteiger partial charge in [-0.2, -0.15) is 0 Å². The lowest BCUT2D eigenvalue weighted by Gasteiger charge is -2.32. The van der Waals surface area contributed by atoms with Crippen LogP contribution in [0.4, 0.5) is 10.1 Å². The average Bonchev–Trinajstić information content (AvgIpc) is 2.85. The molecule has 3 aromatic carbocycles.